The number of carbonyl (C=O) groups is 2. The van der Waals surface area contributed by atoms with Crippen molar-refractivity contribution in [3.63, 3.8) is 0 Å². The van der Waals surface area contributed by atoms with Gasteiger partial charge in [0.15, 0.2) is 17.3 Å². The van der Waals surface area contributed by atoms with Gasteiger partial charge in [-0.3, -0.25) is 9.59 Å². The van der Waals surface area contributed by atoms with Gasteiger partial charge in [-0.15, -0.1) is 0 Å². The van der Waals surface area contributed by atoms with Gasteiger partial charge in [-0.05, 0) is 45.7 Å². The second-order valence-corrected chi connectivity index (χ2v) is 7.40. The molecule has 3 rings (SSSR count). The summed E-state index contributed by atoms with van der Waals surface area (Å²) >= 11 is 0. The van der Waals surface area contributed by atoms with Gasteiger partial charge in [0.2, 0.25) is 5.75 Å². The summed E-state index contributed by atoms with van der Waals surface area (Å²) in [4.78, 5) is 27.7. The zero-order valence-corrected chi connectivity index (χ0v) is 18.6. The smallest absolute Gasteiger partial charge is 0.254 e. The van der Waals surface area contributed by atoms with Gasteiger partial charge in [0.1, 0.15) is 0 Å². The van der Waals surface area contributed by atoms with Crippen LogP contribution in [-0.2, 0) is 0 Å². The van der Waals surface area contributed by atoms with Crippen LogP contribution in [0, 0.1) is 5.92 Å². The highest BCUT2D eigenvalue weighted by atomic mass is 16.5. The fourth-order valence-electron chi connectivity index (χ4n) is 3.88. The van der Waals surface area contributed by atoms with E-state index < -0.39 is 0 Å². The van der Waals surface area contributed by atoms with Gasteiger partial charge >= 0.3 is 0 Å². The highest BCUT2D eigenvalue weighted by Crippen LogP contribution is 2.39. The molecule has 0 aliphatic carbocycles. The number of piperidine rings is 1. The maximum absolute atomic E-state index is 13.2. The summed E-state index contributed by atoms with van der Waals surface area (Å²) in [5.74, 6) is 1.56. The molecule has 166 valence electrons. The fourth-order valence-corrected chi connectivity index (χ4v) is 3.88. The van der Waals surface area contributed by atoms with Crippen molar-refractivity contribution in [2.24, 2.45) is 5.92 Å². The molecule has 6 nitrogen and oxygen atoms in total. The van der Waals surface area contributed by atoms with E-state index in [4.69, 9.17) is 14.2 Å². The summed E-state index contributed by atoms with van der Waals surface area (Å²) in [7, 11) is 0. The minimum atomic E-state index is -0.0874. The van der Waals surface area contributed by atoms with Crippen molar-refractivity contribution >= 4 is 11.7 Å². The van der Waals surface area contributed by atoms with E-state index in [2.05, 4.69) is 0 Å². The van der Waals surface area contributed by atoms with Crippen molar-refractivity contribution in [2.45, 2.75) is 33.6 Å². The van der Waals surface area contributed by atoms with E-state index >= 15 is 0 Å². The van der Waals surface area contributed by atoms with Crippen LogP contribution < -0.4 is 14.2 Å². The monoisotopic (exact) mass is 425 g/mol. The first-order chi connectivity index (χ1) is 15.1. The molecular weight excluding hydrogens is 394 g/mol. The molecule has 2 aromatic rings. The molecular formula is C25H31NO5. The van der Waals surface area contributed by atoms with Crippen LogP contribution in [0.2, 0.25) is 0 Å². The molecule has 0 spiro atoms. The third kappa shape index (κ3) is 5.37. The second kappa shape index (κ2) is 10.8. The molecule has 0 unspecified atom stereocenters. The van der Waals surface area contributed by atoms with Gasteiger partial charge < -0.3 is 19.1 Å². The minimum absolute atomic E-state index is 0.0512. The molecule has 0 radical (unpaired) electrons. The zero-order chi connectivity index (χ0) is 22.2. The van der Waals surface area contributed by atoms with Crippen molar-refractivity contribution in [3.05, 3.63) is 53.6 Å². The average molecular weight is 426 g/mol. The predicted molar refractivity (Wildman–Crippen MR) is 119 cm³/mol. The second-order valence-electron chi connectivity index (χ2n) is 7.40. The third-order valence-corrected chi connectivity index (χ3v) is 5.37. The first kappa shape index (κ1) is 22.7. The van der Waals surface area contributed by atoms with E-state index in [1.54, 1.807) is 17.0 Å². The number of amides is 1. The quantitative estimate of drug-likeness (QED) is 0.549. The number of ether oxygens (including phenoxy) is 3. The van der Waals surface area contributed by atoms with Gasteiger partial charge in [-0.1, -0.05) is 30.3 Å². The lowest BCUT2D eigenvalue weighted by atomic mass is 9.88. The van der Waals surface area contributed by atoms with Crippen LogP contribution in [0.5, 0.6) is 17.2 Å². The Hall–Kier alpha value is -3.02. The number of benzene rings is 2. The Kier molecular flexibility index (Phi) is 7.93. The number of hydrogen-bond acceptors (Lipinski definition) is 5. The lowest BCUT2D eigenvalue weighted by Gasteiger charge is -2.31. The lowest BCUT2D eigenvalue weighted by molar-refractivity contribution is 0.0649. The maximum atomic E-state index is 13.2. The van der Waals surface area contributed by atoms with Crippen LogP contribution in [0.4, 0.5) is 0 Å². The van der Waals surface area contributed by atoms with E-state index in [9.17, 15) is 9.59 Å². The van der Waals surface area contributed by atoms with Gasteiger partial charge in [0, 0.05) is 30.1 Å². The number of Topliss-reactive ketones (excluding diaryl/α,β-unsaturated/α-hetero) is 1. The largest absolute Gasteiger partial charge is 0.490 e. The van der Waals surface area contributed by atoms with Crippen molar-refractivity contribution in [3.8, 4) is 17.2 Å². The van der Waals surface area contributed by atoms with Crippen molar-refractivity contribution in [1.29, 1.82) is 0 Å². The summed E-state index contributed by atoms with van der Waals surface area (Å²) in [6.45, 7) is 8.14. The third-order valence-electron chi connectivity index (χ3n) is 5.37. The highest BCUT2D eigenvalue weighted by molar-refractivity contribution is 5.98. The van der Waals surface area contributed by atoms with Crippen LogP contribution in [0.15, 0.2) is 42.5 Å². The van der Waals surface area contributed by atoms with Crippen molar-refractivity contribution < 1.29 is 23.8 Å². The molecule has 6 heteroatoms. The predicted octanol–water partition coefficient (Wildman–Crippen LogP) is 4.62. The summed E-state index contributed by atoms with van der Waals surface area (Å²) < 4.78 is 17.2. The Bertz CT molecular complexity index is 861. The Morgan fingerprint density at radius 1 is 0.839 bits per heavy atom. The SMILES string of the molecule is CCOc1cc(C(=O)N2CCC(C(=O)c3ccccc3)CC2)cc(OCC)c1OCC. The molecule has 31 heavy (non-hydrogen) atoms. The van der Waals surface area contributed by atoms with Crippen LogP contribution in [0.3, 0.4) is 0 Å². The number of ketones is 1. The van der Waals surface area contributed by atoms with E-state index in [1.807, 2.05) is 51.1 Å². The van der Waals surface area contributed by atoms with Gasteiger partial charge in [0.25, 0.3) is 5.91 Å². The molecule has 0 atom stereocenters. The highest BCUT2D eigenvalue weighted by Gasteiger charge is 2.29. The Labute approximate surface area is 184 Å². The van der Waals surface area contributed by atoms with Gasteiger partial charge in [-0.25, -0.2) is 0 Å². The van der Waals surface area contributed by atoms with Crippen LogP contribution in [0.1, 0.15) is 54.3 Å². The molecule has 1 heterocycles. The Balaban J connectivity index is 1.74. The van der Waals surface area contributed by atoms with E-state index in [-0.39, 0.29) is 17.6 Å². The van der Waals surface area contributed by atoms with Crippen LogP contribution >= 0.6 is 0 Å². The summed E-state index contributed by atoms with van der Waals surface area (Å²) in [5, 5.41) is 0. The molecule has 0 bridgehead atoms. The maximum Gasteiger partial charge on any atom is 0.254 e. The Morgan fingerprint density at radius 3 is 1.90 bits per heavy atom. The summed E-state index contributed by atoms with van der Waals surface area (Å²) in [6, 6.07) is 12.8. The number of hydrogen-bond donors (Lipinski definition) is 0. The van der Waals surface area contributed by atoms with Crippen molar-refractivity contribution in [1.82, 2.24) is 4.90 Å². The first-order valence-corrected chi connectivity index (χ1v) is 11.0. The molecule has 1 fully saturated rings. The molecule has 1 aliphatic heterocycles. The molecule has 1 saturated heterocycles. The number of carbonyl (C=O) groups excluding carboxylic acids is 2. The van der Waals surface area contributed by atoms with E-state index in [1.165, 1.54) is 0 Å². The number of rotatable bonds is 9. The number of nitrogens with zero attached hydrogens (tertiary/aromatic N) is 1. The number of likely N-dealkylation sites (tertiary alicyclic amines) is 1. The summed E-state index contributed by atoms with van der Waals surface area (Å²) in [6.07, 6.45) is 1.32. The zero-order valence-electron chi connectivity index (χ0n) is 18.6. The topological polar surface area (TPSA) is 65.1 Å². The molecule has 0 N–H and O–H groups in total. The standard InChI is InChI=1S/C25H31NO5/c1-4-29-21-16-20(17-22(30-5-2)24(21)31-6-3)25(28)26-14-12-19(13-15-26)23(27)18-10-8-7-9-11-18/h7-11,16-17,19H,4-6,12-15H2,1-3H3. The van der Waals surface area contributed by atoms with Crippen LogP contribution in [0.25, 0.3) is 0 Å². The first-order valence-electron chi connectivity index (χ1n) is 11.0. The van der Waals surface area contributed by atoms with E-state index in [0.717, 1.165) is 5.56 Å². The molecule has 0 saturated carbocycles. The fraction of sp³-hybridized carbons (Fsp3) is 0.440. The molecule has 1 aliphatic rings. The van der Waals surface area contributed by atoms with Crippen LogP contribution in [-0.4, -0.2) is 49.5 Å². The minimum Gasteiger partial charge on any atom is -0.490 e. The van der Waals surface area contributed by atoms with Crippen molar-refractivity contribution in [2.75, 3.05) is 32.9 Å². The summed E-state index contributed by atoms with van der Waals surface area (Å²) in [5.41, 5.74) is 1.24. The lowest BCUT2D eigenvalue weighted by Crippen LogP contribution is -2.40. The van der Waals surface area contributed by atoms with Gasteiger partial charge in [-0.2, -0.15) is 0 Å². The molecule has 1 amide bonds. The molecule has 2 aromatic carbocycles. The normalized spacial score (nSPS) is 14.2. The van der Waals surface area contributed by atoms with Gasteiger partial charge in [0.05, 0.1) is 19.8 Å². The average Bonchev–Trinajstić information content (AvgIpc) is 2.81. The molecule has 0 aromatic heterocycles. The van der Waals surface area contributed by atoms with E-state index in [0.29, 0.717) is 68.6 Å². The Morgan fingerprint density at radius 2 is 1.39 bits per heavy atom.